The average molecular weight is 478 g/mol. The van der Waals surface area contributed by atoms with E-state index in [0.29, 0.717) is 42.0 Å². The van der Waals surface area contributed by atoms with Crippen molar-refractivity contribution < 1.29 is 29.3 Å². The molecule has 8 heteroatoms. The number of aliphatic hydroxyl groups excluding tert-OH is 1. The molecule has 5 atom stereocenters. The van der Waals surface area contributed by atoms with Crippen LogP contribution in [-0.4, -0.2) is 60.4 Å². The van der Waals surface area contributed by atoms with E-state index in [1.807, 2.05) is 4.90 Å². The number of methoxy groups -OCH3 is 2. The van der Waals surface area contributed by atoms with Gasteiger partial charge in [0.2, 0.25) is 5.91 Å². The number of likely N-dealkylation sites (tertiary alicyclic amines) is 1. The zero-order valence-electron chi connectivity index (χ0n) is 19.5. The highest BCUT2D eigenvalue weighted by molar-refractivity contribution is 6.31. The molecule has 0 saturated carbocycles. The van der Waals surface area contributed by atoms with Gasteiger partial charge in [-0.1, -0.05) is 31.5 Å². The van der Waals surface area contributed by atoms with Gasteiger partial charge in [-0.15, -0.1) is 0 Å². The van der Waals surface area contributed by atoms with E-state index in [1.54, 1.807) is 18.2 Å². The normalized spacial score (nSPS) is 26.2. The van der Waals surface area contributed by atoms with Crippen LogP contribution in [0.3, 0.4) is 0 Å². The highest BCUT2D eigenvalue weighted by Crippen LogP contribution is 2.42. The van der Waals surface area contributed by atoms with Gasteiger partial charge in [0, 0.05) is 36.5 Å². The number of rotatable bonds is 7. The maximum Gasteiger partial charge on any atom is 0.335 e. The summed E-state index contributed by atoms with van der Waals surface area (Å²) in [5.74, 6) is -0.476. The van der Waals surface area contributed by atoms with Crippen molar-refractivity contribution in [2.45, 2.75) is 38.7 Å². The molecule has 0 bridgehead atoms. The summed E-state index contributed by atoms with van der Waals surface area (Å²) >= 11 is 6.53. The second-order valence-corrected chi connectivity index (χ2v) is 9.54. The lowest BCUT2D eigenvalue weighted by Crippen LogP contribution is -2.44. The number of ether oxygens (including phenoxy) is 2. The van der Waals surface area contributed by atoms with Crippen molar-refractivity contribution in [2.24, 2.45) is 17.8 Å². The summed E-state index contributed by atoms with van der Waals surface area (Å²) in [6, 6.07) is 4.47. The molecule has 1 heterocycles. The number of nitrogens with zero attached hydrogens (tertiary/aromatic N) is 1. The summed E-state index contributed by atoms with van der Waals surface area (Å²) in [4.78, 5) is 26.7. The van der Waals surface area contributed by atoms with Crippen molar-refractivity contribution in [2.75, 3.05) is 27.3 Å². The number of carbonyl (C=O) groups excluding carboxylic acids is 1. The highest BCUT2D eigenvalue weighted by atomic mass is 35.5. The number of piperidine rings is 1. The van der Waals surface area contributed by atoms with Crippen LogP contribution in [-0.2, 0) is 14.3 Å². The minimum absolute atomic E-state index is 0.0269. The van der Waals surface area contributed by atoms with Gasteiger partial charge < -0.3 is 24.6 Å². The molecule has 1 saturated heterocycles. The first-order chi connectivity index (χ1) is 15.6. The first-order valence-corrected chi connectivity index (χ1v) is 11.5. The van der Waals surface area contributed by atoms with Gasteiger partial charge in [0.05, 0.1) is 31.8 Å². The molecule has 33 heavy (non-hydrogen) atoms. The number of hydrogen-bond acceptors (Lipinski definition) is 5. The third kappa shape index (κ3) is 5.71. The number of hydrogen-bond donors (Lipinski definition) is 2. The lowest BCUT2D eigenvalue weighted by Gasteiger charge is -2.38. The number of amides is 1. The van der Waals surface area contributed by atoms with Crippen molar-refractivity contribution in [3.05, 3.63) is 58.0 Å². The Labute approximate surface area is 199 Å². The Balaban J connectivity index is 2.00. The largest absolute Gasteiger partial charge is 0.501 e. The number of allylic oxidation sites excluding steroid dienone is 1. The topological polar surface area (TPSA) is 96.3 Å². The van der Waals surface area contributed by atoms with Crippen molar-refractivity contribution in [1.82, 2.24) is 4.90 Å². The van der Waals surface area contributed by atoms with Gasteiger partial charge in [0.25, 0.3) is 0 Å². The summed E-state index contributed by atoms with van der Waals surface area (Å²) in [6.45, 7) is 5.66. The van der Waals surface area contributed by atoms with E-state index in [1.165, 1.54) is 26.4 Å². The zero-order valence-corrected chi connectivity index (χ0v) is 20.2. The smallest absolute Gasteiger partial charge is 0.335 e. The number of carboxylic acids is 1. The quantitative estimate of drug-likeness (QED) is 0.614. The molecular weight excluding hydrogens is 446 g/mol. The molecule has 180 valence electrons. The predicted octanol–water partition coefficient (Wildman–Crippen LogP) is 4.07. The standard InChI is InChI=1S/C25H32ClNO6/c1-14-7-15(2)13-27(12-14)23(29)11-19(18-6-5-16(25(30)31)8-20(18)26)24-21(28)9-17(32-3)10-22(24)33-4/h5-6,8-10,14-15,19,21,24,28H,7,11-13H2,1-4H3,(H,30,31)/t14-,15+,19?,21?,24?. The van der Waals surface area contributed by atoms with E-state index >= 15 is 0 Å². The van der Waals surface area contributed by atoms with Crippen LogP contribution in [0, 0.1) is 17.8 Å². The lowest BCUT2D eigenvalue weighted by molar-refractivity contribution is -0.134. The van der Waals surface area contributed by atoms with Gasteiger partial charge in [-0.25, -0.2) is 4.79 Å². The molecular formula is C25H32ClNO6. The number of carboxylic acid groups (broad SMARTS) is 1. The number of aromatic carboxylic acids is 1. The van der Waals surface area contributed by atoms with E-state index < -0.39 is 23.9 Å². The Morgan fingerprint density at radius 2 is 1.85 bits per heavy atom. The number of carbonyl (C=O) groups is 2. The second kappa shape index (κ2) is 10.6. The molecule has 1 amide bonds. The Morgan fingerprint density at radius 3 is 2.39 bits per heavy atom. The molecule has 1 aromatic carbocycles. The average Bonchev–Trinajstić information content (AvgIpc) is 2.76. The van der Waals surface area contributed by atoms with Crippen LogP contribution < -0.4 is 0 Å². The highest BCUT2D eigenvalue weighted by Gasteiger charge is 2.39. The molecule has 0 aromatic heterocycles. The first kappa shape index (κ1) is 25.1. The van der Waals surface area contributed by atoms with Gasteiger partial charge in [0.1, 0.15) is 11.5 Å². The molecule has 2 N–H and O–H groups in total. The molecule has 0 spiro atoms. The number of aliphatic hydroxyl groups is 1. The number of benzene rings is 1. The molecule has 0 radical (unpaired) electrons. The minimum atomic E-state index is -1.09. The summed E-state index contributed by atoms with van der Waals surface area (Å²) in [6.07, 6.45) is 3.48. The zero-order chi connectivity index (χ0) is 24.3. The van der Waals surface area contributed by atoms with Gasteiger partial charge in [-0.2, -0.15) is 0 Å². The molecule has 7 nitrogen and oxygen atoms in total. The van der Waals surface area contributed by atoms with E-state index in [-0.39, 0.29) is 22.9 Å². The van der Waals surface area contributed by atoms with E-state index in [0.717, 1.165) is 6.42 Å². The Hall–Kier alpha value is -2.51. The van der Waals surface area contributed by atoms with Crippen LogP contribution in [0.4, 0.5) is 0 Å². The Kier molecular flexibility index (Phi) is 8.08. The Bertz CT molecular complexity index is 948. The monoisotopic (exact) mass is 477 g/mol. The molecule has 1 aromatic rings. The molecule has 3 rings (SSSR count). The van der Waals surface area contributed by atoms with Gasteiger partial charge >= 0.3 is 5.97 Å². The molecule has 3 unspecified atom stereocenters. The molecule has 2 aliphatic rings. The SMILES string of the molecule is COC1=CC(O)C(C(CC(=O)N2C[C@H](C)C[C@H](C)C2)c2ccc(C(=O)O)cc2Cl)C(OC)=C1. The fraction of sp³-hybridized carbons (Fsp3) is 0.520. The predicted molar refractivity (Wildman–Crippen MR) is 125 cm³/mol. The van der Waals surface area contributed by atoms with Gasteiger partial charge in [-0.3, -0.25) is 4.79 Å². The third-order valence-corrected chi connectivity index (χ3v) is 6.81. The van der Waals surface area contributed by atoms with Crippen LogP contribution in [0.2, 0.25) is 5.02 Å². The molecule has 1 fully saturated rings. The summed E-state index contributed by atoms with van der Waals surface area (Å²) < 4.78 is 10.9. The van der Waals surface area contributed by atoms with E-state index in [4.69, 9.17) is 21.1 Å². The van der Waals surface area contributed by atoms with Crippen molar-refractivity contribution >= 4 is 23.5 Å². The maximum atomic E-state index is 13.4. The van der Waals surface area contributed by atoms with Crippen molar-refractivity contribution in [1.29, 1.82) is 0 Å². The fourth-order valence-corrected chi connectivity index (χ4v) is 5.38. The van der Waals surface area contributed by atoms with E-state index in [9.17, 15) is 19.8 Å². The first-order valence-electron chi connectivity index (χ1n) is 11.1. The second-order valence-electron chi connectivity index (χ2n) is 9.14. The van der Waals surface area contributed by atoms with Gasteiger partial charge in [0.15, 0.2) is 0 Å². The van der Waals surface area contributed by atoms with Crippen LogP contribution >= 0.6 is 11.6 Å². The molecule has 1 aliphatic heterocycles. The van der Waals surface area contributed by atoms with Crippen LogP contribution in [0.15, 0.2) is 41.9 Å². The maximum absolute atomic E-state index is 13.4. The van der Waals surface area contributed by atoms with Crippen LogP contribution in [0.5, 0.6) is 0 Å². The summed E-state index contributed by atoms with van der Waals surface area (Å²) in [7, 11) is 3.01. The minimum Gasteiger partial charge on any atom is -0.501 e. The van der Waals surface area contributed by atoms with E-state index in [2.05, 4.69) is 13.8 Å². The summed E-state index contributed by atoms with van der Waals surface area (Å²) in [5.41, 5.74) is 0.648. The van der Waals surface area contributed by atoms with Gasteiger partial charge in [-0.05, 0) is 42.0 Å². The van der Waals surface area contributed by atoms with Crippen LogP contribution in [0.25, 0.3) is 0 Å². The molecule has 1 aliphatic carbocycles. The van der Waals surface area contributed by atoms with Crippen LogP contribution in [0.1, 0.15) is 48.5 Å². The Morgan fingerprint density at radius 1 is 1.18 bits per heavy atom. The lowest BCUT2D eigenvalue weighted by atomic mass is 9.76. The summed E-state index contributed by atoms with van der Waals surface area (Å²) in [5, 5.41) is 20.6. The fourth-order valence-electron chi connectivity index (χ4n) is 5.06. The third-order valence-electron chi connectivity index (χ3n) is 6.48. The van der Waals surface area contributed by atoms with Crippen molar-refractivity contribution in [3.63, 3.8) is 0 Å². The number of halogens is 1. The van der Waals surface area contributed by atoms with Crippen molar-refractivity contribution in [3.8, 4) is 0 Å².